The van der Waals surface area contributed by atoms with Gasteiger partial charge >= 0.3 is 0 Å². The molecule has 0 bridgehead atoms. The van der Waals surface area contributed by atoms with Gasteiger partial charge in [0.1, 0.15) is 12.4 Å². The Labute approximate surface area is 169 Å². The van der Waals surface area contributed by atoms with Gasteiger partial charge in [-0.15, -0.1) is 0 Å². The zero-order valence-corrected chi connectivity index (χ0v) is 16.4. The van der Waals surface area contributed by atoms with E-state index in [2.05, 4.69) is 25.9 Å². The predicted molar refractivity (Wildman–Crippen MR) is 113 cm³/mol. The minimum atomic E-state index is -0.534. The second-order valence-corrected chi connectivity index (χ2v) is 6.11. The summed E-state index contributed by atoms with van der Waals surface area (Å²) in [4.78, 5) is 8.24. The second-order valence-electron chi connectivity index (χ2n) is 6.11. The van der Waals surface area contributed by atoms with Gasteiger partial charge in [0.15, 0.2) is 11.6 Å². The fraction of sp³-hybridized carbons (Fsp3) is 0.238. The first kappa shape index (κ1) is 20.3. The average molecular weight is 397 g/mol. The van der Waals surface area contributed by atoms with E-state index in [-0.39, 0.29) is 11.8 Å². The highest BCUT2D eigenvalue weighted by molar-refractivity contribution is 5.62. The Hall–Kier alpha value is -3.39. The third kappa shape index (κ3) is 6.05. The number of hydrogen-bond donors (Lipinski definition) is 3. The summed E-state index contributed by atoms with van der Waals surface area (Å²) in [6.07, 6.45) is 1.13. The zero-order valence-electron chi connectivity index (χ0n) is 16.4. The molecule has 152 valence electrons. The van der Waals surface area contributed by atoms with E-state index in [4.69, 9.17) is 9.47 Å². The summed E-state index contributed by atoms with van der Waals surface area (Å²) in [5.74, 6) is 0.577. The maximum absolute atomic E-state index is 14.1. The smallest absolute Gasteiger partial charge is 0.229 e. The predicted octanol–water partition coefficient (Wildman–Crippen LogP) is 4.56. The molecule has 0 fully saturated rings. The van der Waals surface area contributed by atoms with Crippen LogP contribution >= 0.6 is 0 Å². The summed E-state index contributed by atoms with van der Waals surface area (Å²) in [5.41, 5.74) is 2.49. The molecule has 3 rings (SSSR count). The Morgan fingerprint density at radius 3 is 2.24 bits per heavy atom. The molecular weight excluding hydrogens is 373 g/mol. The molecule has 29 heavy (non-hydrogen) atoms. The first-order valence-electron chi connectivity index (χ1n) is 9.30. The molecule has 0 spiro atoms. The van der Waals surface area contributed by atoms with E-state index in [0.717, 1.165) is 35.6 Å². The largest absolute Gasteiger partial charge is 0.491 e. The number of methoxy groups -OCH3 is 1. The van der Waals surface area contributed by atoms with Crippen molar-refractivity contribution in [3.63, 3.8) is 0 Å². The van der Waals surface area contributed by atoms with Crippen molar-refractivity contribution >= 4 is 28.8 Å². The molecular formula is C21H24FN5O2. The molecule has 1 heterocycles. The molecule has 0 saturated heterocycles. The minimum absolute atomic E-state index is 0.0956. The Kier molecular flexibility index (Phi) is 7.18. The van der Waals surface area contributed by atoms with Gasteiger partial charge in [0, 0.05) is 30.7 Å². The highest BCUT2D eigenvalue weighted by Crippen LogP contribution is 2.22. The van der Waals surface area contributed by atoms with E-state index in [1.165, 1.54) is 0 Å². The van der Waals surface area contributed by atoms with Crippen LogP contribution in [0.15, 0.2) is 54.7 Å². The first-order valence-corrected chi connectivity index (χ1v) is 9.30. The summed E-state index contributed by atoms with van der Waals surface area (Å²) in [6, 6.07) is 14.9. The average Bonchev–Trinajstić information content (AvgIpc) is 2.73. The van der Waals surface area contributed by atoms with Gasteiger partial charge in [0.25, 0.3) is 0 Å². The number of anilines is 5. The molecule has 0 aliphatic rings. The lowest BCUT2D eigenvalue weighted by Gasteiger charge is -2.11. The van der Waals surface area contributed by atoms with Crippen molar-refractivity contribution in [1.29, 1.82) is 0 Å². The van der Waals surface area contributed by atoms with Gasteiger partial charge in [-0.1, -0.05) is 0 Å². The Balaban J connectivity index is 1.65. The Morgan fingerprint density at radius 2 is 1.55 bits per heavy atom. The Bertz CT molecular complexity index is 904. The number of halogens is 1. The van der Waals surface area contributed by atoms with Crippen LogP contribution in [0.3, 0.4) is 0 Å². The highest BCUT2D eigenvalue weighted by Gasteiger charge is 2.08. The van der Waals surface area contributed by atoms with Crippen LogP contribution < -0.4 is 20.7 Å². The number of hydrogen-bond acceptors (Lipinski definition) is 7. The molecule has 3 N–H and O–H groups in total. The monoisotopic (exact) mass is 397 g/mol. The van der Waals surface area contributed by atoms with Gasteiger partial charge in [-0.2, -0.15) is 4.98 Å². The fourth-order valence-electron chi connectivity index (χ4n) is 2.53. The van der Waals surface area contributed by atoms with Crippen LogP contribution in [0.5, 0.6) is 5.75 Å². The highest BCUT2D eigenvalue weighted by atomic mass is 19.1. The Morgan fingerprint density at radius 1 is 0.897 bits per heavy atom. The molecule has 0 unspecified atom stereocenters. The van der Waals surface area contributed by atoms with Gasteiger partial charge in [0.2, 0.25) is 5.95 Å². The maximum atomic E-state index is 14.1. The van der Waals surface area contributed by atoms with E-state index in [0.29, 0.717) is 13.2 Å². The van der Waals surface area contributed by atoms with Gasteiger partial charge in [-0.3, -0.25) is 0 Å². The topological polar surface area (TPSA) is 80.3 Å². The summed E-state index contributed by atoms with van der Waals surface area (Å²) >= 11 is 0. The molecule has 1 aromatic heterocycles. The number of benzene rings is 2. The summed E-state index contributed by atoms with van der Waals surface area (Å²) < 4.78 is 24.6. The number of ether oxygens (including phenoxy) is 2. The van der Waals surface area contributed by atoms with Crippen molar-refractivity contribution in [3.05, 3.63) is 60.5 Å². The van der Waals surface area contributed by atoms with Crippen LogP contribution in [0.1, 0.15) is 6.92 Å². The van der Waals surface area contributed by atoms with Crippen LogP contribution in [0.4, 0.5) is 33.2 Å². The number of nitrogens with zero attached hydrogens (tertiary/aromatic N) is 2. The van der Waals surface area contributed by atoms with Crippen molar-refractivity contribution in [2.24, 2.45) is 0 Å². The molecule has 8 heteroatoms. The van der Waals surface area contributed by atoms with Gasteiger partial charge in [-0.05, 0) is 55.5 Å². The van der Waals surface area contributed by atoms with Gasteiger partial charge < -0.3 is 25.4 Å². The third-order valence-corrected chi connectivity index (χ3v) is 3.94. The van der Waals surface area contributed by atoms with Crippen LogP contribution in [-0.4, -0.2) is 36.8 Å². The molecule has 0 aliphatic heterocycles. The summed E-state index contributed by atoms with van der Waals surface area (Å²) in [7, 11) is 1.63. The summed E-state index contributed by atoms with van der Waals surface area (Å²) in [6.45, 7) is 3.87. The van der Waals surface area contributed by atoms with Gasteiger partial charge in [-0.25, -0.2) is 9.37 Å². The first-order chi connectivity index (χ1) is 14.2. The van der Waals surface area contributed by atoms with Crippen molar-refractivity contribution in [2.75, 3.05) is 42.8 Å². The SMILES string of the molecule is CCNc1ccc(Nc2nc(Nc3ccc(OCCOC)cc3)ncc2F)cc1. The van der Waals surface area contributed by atoms with Crippen molar-refractivity contribution in [2.45, 2.75) is 6.92 Å². The standard InChI is InChI=1S/C21H24FN5O2/c1-3-23-15-4-6-16(7-5-15)25-20-19(22)14-24-21(27-20)26-17-8-10-18(11-9-17)29-13-12-28-2/h4-11,14,23H,3,12-13H2,1-2H3,(H2,24,25,26,27). The van der Waals surface area contributed by atoms with Crippen LogP contribution in [0.2, 0.25) is 0 Å². The quantitative estimate of drug-likeness (QED) is 0.433. The van der Waals surface area contributed by atoms with E-state index in [9.17, 15) is 4.39 Å². The van der Waals surface area contributed by atoms with E-state index >= 15 is 0 Å². The maximum Gasteiger partial charge on any atom is 0.229 e. The minimum Gasteiger partial charge on any atom is -0.491 e. The molecule has 0 amide bonds. The fourth-order valence-corrected chi connectivity index (χ4v) is 2.53. The molecule has 7 nitrogen and oxygen atoms in total. The molecule has 0 radical (unpaired) electrons. The lowest BCUT2D eigenvalue weighted by molar-refractivity contribution is 0.146. The molecule has 3 aromatic rings. The lowest BCUT2D eigenvalue weighted by atomic mass is 10.2. The molecule has 2 aromatic carbocycles. The molecule has 0 atom stereocenters. The number of aromatic nitrogens is 2. The molecule has 0 aliphatic carbocycles. The molecule has 0 saturated carbocycles. The zero-order chi connectivity index (χ0) is 20.5. The summed E-state index contributed by atoms with van der Waals surface area (Å²) in [5, 5.41) is 9.25. The normalized spacial score (nSPS) is 10.4. The number of rotatable bonds is 10. The van der Waals surface area contributed by atoms with Gasteiger partial charge in [0.05, 0.1) is 12.8 Å². The third-order valence-electron chi connectivity index (χ3n) is 3.94. The lowest BCUT2D eigenvalue weighted by Crippen LogP contribution is -2.05. The van der Waals surface area contributed by atoms with Crippen LogP contribution in [-0.2, 0) is 4.74 Å². The van der Waals surface area contributed by atoms with Crippen LogP contribution in [0.25, 0.3) is 0 Å². The van der Waals surface area contributed by atoms with Crippen molar-refractivity contribution in [3.8, 4) is 5.75 Å². The second kappa shape index (κ2) is 10.2. The van der Waals surface area contributed by atoms with Crippen LogP contribution in [0, 0.1) is 5.82 Å². The van der Waals surface area contributed by atoms with E-state index in [1.807, 2.05) is 55.5 Å². The van der Waals surface area contributed by atoms with E-state index in [1.54, 1.807) is 7.11 Å². The van der Waals surface area contributed by atoms with E-state index < -0.39 is 5.82 Å². The van der Waals surface area contributed by atoms with Crippen molar-refractivity contribution < 1.29 is 13.9 Å². The number of nitrogens with one attached hydrogen (secondary N) is 3. The van der Waals surface area contributed by atoms with Crippen molar-refractivity contribution in [1.82, 2.24) is 9.97 Å².